The molecule has 10 nitrogen and oxygen atoms in total. The van der Waals surface area contributed by atoms with E-state index in [4.69, 9.17) is 16.6 Å². The van der Waals surface area contributed by atoms with Gasteiger partial charge in [-0.3, -0.25) is 14.4 Å². The van der Waals surface area contributed by atoms with Crippen LogP contribution in [0.25, 0.3) is 11.0 Å². The number of hydrogen-bond acceptors (Lipinski definition) is 7. The Bertz CT molecular complexity index is 1590. The number of aromatic nitrogens is 4. The van der Waals surface area contributed by atoms with Gasteiger partial charge < -0.3 is 19.6 Å². The lowest BCUT2D eigenvalue weighted by Gasteiger charge is -2.26. The van der Waals surface area contributed by atoms with E-state index in [9.17, 15) is 14.4 Å². The number of carbonyl (C=O) groups is 2. The highest BCUT2D eigenvalue weighted by Crippen LogP contribution is 2.19. The van der Waals surface area contributed by atoms with Crippen molar-refractivity contribution in [3.63, 3.8) is 0 Å². The monoisotopic (exact) mass is 548 g/mol. The summed E-state index contributed by atoms with van der Waals surface area (Å²) in [6.45, 7) is 8.07. The first-order valence-corrected chi connectivity index (χ1v) is 13.3. The Morgan fingerprint density at radius 3 is 2.51 bits per heavy atom. The van der Waals surface area contributed by atoms with Crippen molar-refractivity contribution in [3.8, 4) is 0 Å². The van der Waals surface area contributed by atoms with Crippen molar-refractivity contribution in [2.24, 2.45) is 5.92 Å². The quantitative estimate of drug-likeness (QED) is 0.255. The van der Waals surface area contributed by atoms with E-state index < -0.39 is 29.3 Å². The van der Waals surface area contributed by atoms with Crippen LogP contribution >= 0.6 is 12.2 Å². The molecule has 4 aromatic rings. The van der Waals surface area contributed by atoms with Crippen LogP contribution in [-0.2, 0) is 17.8 Å². The molecule has 0 aliphatic carbocycles. The fraction of sp³-hybridized carbons (Fsp3) is 0.357. The van der Waals surface area contributed by atoms with Crippen LogP contribution in [0, 0.1) is 17.7 Å². The lowest BCUT2D eigenvalue weighted by Crippen LogP contribution is -2.51. The van der Waals surface area contributed by atoms with Crippen molar-refractivity contribution in [2.75, 3.05) is 0 Å². The fourth-order valence-corrected chi connectivity index (χ4v) is 4.52. The van der Waals surface area contributed by atoms with Gasteiger partial charge in [0.2, 0.25) is 17.2 Å². The first kappa shape index (κ1) is 27.9. The van der Waals surface area contributed by atoms with Gasteiger partial charge in [0, 0.05) is 24.9 Å². The summed E-state index contributed by atoms with van der Waals surface area (Å²) in [5.41, 5.74) is 1.76. The number of rotatable bonds is 10. The zero-order chi connectivity index (χ0) is 28.1. The Kier molecular flexibility index (Phi) is 8.70. The third-order valence-electron chi connectivity index (χ3n) is 6.78. The second-order valence-electron chi connectivity index (χ2n) is 9.52. The largest absolute Gasteiger partial charge is 0.412 e. The highest BCUT2D eigenvalue weighted by Gasteiger charge is 2.31. The molecule has 0 aliphatic rings. The van der Waals surface area contributed by atoms with Gasteiger partial charge in [-0.15, -0.1) is 5.10 Å². The summed E-state index contributed by atoms with van der Waals surface area (Å²) >= 11 is 5.04. The molecule has 3 heterocycles. The van der Waals surface area contributed by atoms with Gasteiger partial charge >= 0.3 is 0 Å². The third-order valence-corrected chi connectivity index (χ3v) is 6.95. The molecule has 39 heavy (non-hydrogen) atoms. The normalized spacial score (nSPS) is 13.5. The number of amides is 2. The first-order valence-electron chi connectivity index (χ1n) is 12.9. The fourth-order valence-electron chi connectivity index (χ4n) is 4.39. The zero-order valence-corrected chi connectivity index (χ0v) is 23.2. The smallest absolute Gasteiger partial charge is 0.284 e. The molecule has 0 saturated carbocycles. The predicted molar refractivity (Wildman–Crippen MR) is 150 cm³/mol. The number of nitrogens with one attached hydrogen (secondary N) is 3. The number of benzene rings is 1. The Hall–Kier alpha value is -4.12. The highest BCUT2D eigenvalue weighted by molar-refractivity contribution is 7.71. The average molecular weight is 549 g/mol. The standard InChI is InChI=1S/C28H32N6O4S/c1-5-16(3)22(26(37)30-21(27-32-33-28(39)38-27)14-18-10-8-7-9-11-18)31-25(36)20-15-34(6-2)24-19(23(20)35)13-12-17(4)29-24/h7-13,15-16,21-22H,5-6,14H2,1-4H3,(H,30,37)(H,31,36)(H,33,39). The maximum atomic E-state index is 13.6. The van der Waals surface area contributed by atoms with Gasteiger partial charge in [0.15, 0.2) is 0 Å². The van der Waals surface area contributed by atoms with E-state index in [1.807, 2.05) is 58.0 Å². The summed E-state index contributed by atoms with van der Waals surface area (Å²) in [4.78, 5) is 44.9. The van der Waals surface area contributed by atoms with Crippen LogP contribution < -0.4 is 16.1 Å². The van der Waals surface area contributed by atoms with Crippen LogP contribution in [0.5, 0.6) is 0 Å². The maximum Gasteiger partial charge on any atom is 0.284 e. The average Bonchev–Trinajstić information content (AvgIpc) is 3.37. The van der Waals surface area contributed by atoms with Crippen molar-refractivity contribution in [3.05, 3.63) is 86.4 Å². The Labute approximate surface area is 230 Å². The van der Waals surface area contributed by atoms with E-state index in [0.29, 0.717) is 30.4 Å². The topological polar surface area (TPSA) is 135 Å². The Morgan fingerprint density at radius 1 is 1.13 bits per heavy atom. The van der Waals surface area contributed by atoms with Crippen molar-refractivity contribution >= 4 is 35.1 Å². The minimum absolute atomic E-state index is 0.0463. The Morgan fingerprint density at radius 2 is 1.87 bits per heavy atom. The van der Waals surface area contributed by atoms with Gasteiger partial charge in [-0.1, -0.05) is 50.6 Å². The van der Waals surface area contributed by atoms with E-state index >= 15 is 0 Å². The van der Waals surface area contributed by atoms with Crippen LogP contribution in [0.1, 0.15) is 60.7 Å². The first-order chi connectivity index (χ1) is 18.7. The summed E-state index contributed by atoms with van der Waals surface area (Å²) in [5, 5.41) is 12.8. The number of H-pyrrole nitrogens is 1. The molecule has 0 aliphatic heterocycles. The second-order valence-corrected chi connectivity index (χ2v) is 9.89. The second kappa shape index (κ2) is 12.2. The third kappa shape index (κ3) is 6.31. The highest BCUT2D eigenvalue weighted by atomic mass is 32.1. The molecule has 0 spiro atoms. The van der Waals surface area contributed by atoms with Crippen molar-refractivity contribution < 1.29 is 14.0 Å². The molecule has 0 saturated heterocycles. The minimum atomic E-state index is -0.913. The predicted octanol–water partition coefficient (Wildman–Crippen LogP) is 4.02. The molecule has 3 atom stereocenters. The van der Waals surface area contributed by atoms with Gasteiger partial charge in [-0.05, 0) is 49.7 Å². The molecule has 0 bridgehead atoms. The van der Waals surface area contributed by atoms with Gasteiger partial charge in [-0.25, -0.2) is 10.1 Å². The van der Waals surface area contributed by atoms with Crippen LogP contribution in [0.3, 0.4) is 0 Å². The number of nitrogens with zero attached hydrogens (tertiary/aromatic N) is 3. The number of hydrogen-bond donors (Lipinski definition) is 3. The summed E-state index contributed by atoms with van der Waals surface area (Å²) in [6.07, 6.45) is 2.52. The molecule has 3 aromatic heterocycles. The van der Waals surface area contributed by atoms with Gasteiger partial charge in [-0.2, -0.15) is 0 Å². The van der Waals surface area contributed by atoms with E-state index in [1.165, 1.54) is 6.20 Å². The molecule has 3 unspecified atom stereocenters. The van der Waals surface area contributed by atoms with Crippen molar-refractivity contribution in [2.45, 2.75) is 59.2 Å². The van der Waals surface area contributed by atoms with E-state index in [0.717, 1.165) is 11.3 Å². The number of aryl methyl sites for hydroxylation is 2. The number of carbonyl (C=O) groups excluding carboxylic acids is 2. The van der Waals surface area contributed by atoms with Crippen molar-refractivity contribution in [1.82, 2.24) is 30.4 Å². The lowest BCUT2D eigenvalue weighted by molar-refractivity contribution is -0.125. The summed E-state index contributed by atoms with van der Waals surface area (Å²) in [5.74, 6) is -1.04. The molecule has 3 N–H and O–H groups in total. The minimum Gasteiger partial charge on any atom is -0.412 e. The van der Waals surface area contributed by atoms with E-state index in [1.54, 1.807) is 16.7 Å². The van der Waals surface area contributed by atoms with Crippen molar-refractivity contribution in [1.29, 1.82) is 0 Å². The molecule has 2 amide bonds. The Balaban J connectivity index is 1.63. The SMILES string of the molecule is CCC(C)C(NC(=O)c1cn(CC)c2nc(C)ccc2c1=O)C(=O)NC(Cc1ccccc1)c1n[nH]c(=S)o1. The summed E-state index contributed by atoms with van der Waals surface area (Å²) in [7, 11) is 0. The number of aromatic amines is 1. The molecular formula is C28H32N6O4S. The molecule has 0 fully saturated rings. The van der Waals surface area contributed by atoms with Crippen LogP contribution in [0.15, 0.2) is 57.9 Å². The summed E-state index contributed by atoms with van der Waals surface area (Å²) < 4.78 is 7.28. The molecule has 0 radical (unpaired) electrons. The molecule has 1 aromatic carbocycles. The molecule has 204 valence electrons. The van der Waals surface area contributed by atoms with Crippen LogP contribution in [0.2, 0.25) is 0 Å². The molecular weight excluding hydrogens is 516 g/mol. The van der Waals surface area contributed by atoms with E-state index in [-0.39, 0.29) is 22.2 Å². The maximum absolute atomic E-state index is 13.6. The van der Waals surface area contributed by atoms with E-state index in [2.05, 4.69) is 25.8 Å². The lowest BCUT2D eigenvalue weighted by atomic mass is 9.97. The van der Waals surface area contributed by atoms with Gasteiger partial charge in [0.1, 0.15) is 23.3 Å². The van der Waals surface area contributed by atoms with Crippen LogP contribution in [0.4, 0.5) is 0 Å². The molecule has 11 heteroatoms. The number of pyridine rings is 2. The molecule has 4 rings (SSSR count). The van der Waals surface area contributed by atoms with Crippen LogP contribution in [-0.4, -0.2) is 37.6 Å². The zero-order valence-electron chi connectivity index (χ0n) is 22.4. The number of fused-ring (bicyclic) bond motifs is 1. The summed E-state index contributed by atoms with van der Waals surface area (Å²) in [6, 6.07) is 11.4. The van der Waals surface area contributed by atoms with Gasteiger partial charge in [0.05, 0.1) is 5.39 Å². The van der Waals surface area contributed by atoms with Gasteiger partial charge in [0.25, 0.3) is 10.7 Å².